The normalized spacial score (nSPS) is 16.7. The molecule has 0 rings (SSSR count). The molecule has 3 N–H and O–H groups in total. The van der Waals surface area contributed by atoms with Crippen molar-refractivity contribution < 1.29 is 19.8 Å². The van der Waals surface area contributed by atoms with E-state index in [4.69, 9.17) is 5.11 Å². The predicted octanol–water partition coefficient (Wildman–Crippen LogP) is -0.150. The molecule has 0 spiro atoms. The molecule has 0 aliphatic rings. The first-order chi connectivity index (χ1) is 7.20. The van der Waals surface area contributed by atoms with Crippen LogP contribution >= 0.6 is 0 Å². The Balaban J connectivity index is 4.75. The molecule has 0 aromatic rings. The fourth-order valence-corrected chi connectivity index (χ4v) is 1.40. The molecule has 0 aliphatic carbocycles. The molecule has 16 heavy (non-hydrogen) atoms. The molecular formula is C11H21NO4. The minimum absolute atomic E-state index is 0.204. The van der Waals surface area contributed by atoms with E-state index in [1.54, 1.807) is 0 Å². The summed E-state index contributed by atoms with van der Waals surface area (Å²) in [6.45, 7) is 5.73. The number of nitrogens with one attached hydrogen (secondary N) is 1. The van der Waals surface area contributed by atoms with E-state index in [9.17, 15) is 14.7 Å². The van der Waals surface area contributed by atoms with Gasteiger partial charge in [0.15, 0.2) is 5.78 Å². The lowest BCUT2D eigenvalue weighted by atomic mass is 9.90. The Kier molecular flexibility index (Phi) is 5.61. The third kappa shape index (κ3) is 4.72. The van der Waals surface area contributed by atoms with E-state index < -0.39 is 24.0 Å². The Morgan fingerprint density at radius 1 is 1.38 bits per heavy atom. The maximum absolute atomic E-state index is 11.8. The molecule has 0 bridgehead atoms. The molecule has 2 unspecified atom stereocenters. The van der Waals surface area contributed by atoms with Gasteiger partial charge in [0.1, 0.15) is 5.60 Å². The van der Waals surface area contributed by atoms with Crippen LogP contribution in [0.2, 0.25) is 0 Å². The second-order valence-electron chi connectivity index (χ2n) is 4.68. The molecule has 0 saturated heterocycles. The van der Waals surface area contributed by atoms with Gasteiger partial charge in [0.25, 0.3) is 0 Å². The molecule has 0 heterocycles. The second kappa shape index (κ2) is 5.96. The molecule has 0 aliphatic heterocycles. The molecule has 0 fully saturated rings. The molecule has 0 radical (unpaired) electrons. The van der Waals surface area contributed by atoms with E-state index in [1.807, 2.05) is 13.8 Å². The molecule has 94 valence electrons. The van der Waals surface area contributed by atoms with Crippen molar-refractivity contribution in [3.05, 3.63) is 0 Å². The summed E-state index contributed by atoms with van der Waals surface area (Å²) in [7, 11) is 0. The van der Waals surface area contributed by atoms with Crippen LogP contribution < -0.4 is 5.32 Å². The van der Waals surface area contributed by atoms with Gasteiger partial charge in [-0.05, 0) is 19.3 Å². The minimum Gasteiger partial charge on any atom is -0.393 e. The Labute approximate surface area is 95.9 Å². The number of hydrogen-bond donors (Lipinski definition) is 3. The first kappa shape index (κ1) is 15.1. The number of amides is 1. The monoisotopic (exact) mass is 231 g/mol. The van der Waals surface area contributed by atoms with E-state index in [0.717, 1.165) is 0 Å². The van der Waals surface area contributed by atoms with Crippen molar-refractivity contribution in [3.63, 3.8) is 0 Å². The van der Waals surface area contributed by atoms with Crippen molar-refractivity contribution in [2.75, 3.05) is 6.61 Å². The Bertz CT molecular complexity index is 261. The number of carbonyl (C=O) groups excluding carboxylic acids is 2. The van der Waals surface area contributed by atoms with Gasteiger partial charge in [-0.25, -0.2) is 0 Å². The van der Waals surface area contributed by atoms with Crippen LogP contribution in [0.3, 0.4) is 0 Å². The highest BCUT2D eigenvalue weighted by Crippen LogP contribution is 2.13. The van der Waals surface area contributed by atoms with Gasteiger partial charge in [0.05, 0.1) is 12.6 Å². The van der Waals surface area contributed by atoms with Gasteiger partial charge < -0.3 is 15.5 Å². The zero-order chi connectivity index (χ0) is 12.9. The van der Waals surface area contributed by atoms with Crippen molar-refractivity contribution in [1.82, 2.24) is 5.32 Å². The van der Waals surface area contributed by atoms with Crippen LogP contribution in [-0.4, -0.2) is 40.2 Å². The Morgan fingerprint density at radius 2 is 1.88 bits per heavy atom. The topological polar surface area (TPSA) is 86.6 Å². The van der Waals surface area contributed by atoms with Gasteiger partial charge in [0.2, 0.25) is 5.91 Å². The summed E-state index contributed by atoms with van der Waals surface area (Å²) < 4.78 is 0. The molecule has 2 atom stereocenters. The van der Waals surface area contributed by atoms with Gasteiger partial charge >= 0.3 is 0 Å². The predicted molar refractivity (Wildman–Crippen MR) is 59.8 cm³/mol. The zero-order valence-electron chi connectivity index (χ0n) is 10.3. The summed E-state index contributed by atoms with van der Waals surface area (Å²) in [5.41, 5.74) is -1.80. The first-order valence-corrected chi connectivity index (χ1v) is 5.35. The Morgan fingerprint density at radius 3 is 2.19 bits per heavy atom. The van der Waals surface area contributed by atoms with E-state index in [2.05, 4.69) is 5.32 Å². The zero-order valence-corrected chi connectivity index (χ0v) is 10.3. The average molecular weight is 231 g/mol. The van der Waals surface area contributed by atoms with Crippen LogP contribution in [0.1, 0.15) is 34.1 Å². The molecule has 0 aromatic carbocycles. The maximum Gasteiger partial charge on any atom is 0.217 e. The van der Waals surface area contributed by atoms with Crippen molar-refractivity contribution in [1.29, 1.82) is 0 Å². The van der Waals surface area contributed by atoms with Crippen molar-refractivity contribution in [2.45, 2.75) is 45.8 Å². The molecule has 5 heteroatoms. The first-order valence-electron chi connectivity index (χ1n) is 5.35. The summed E-state index contributed by atoms with van der Waals surface area (Å²) >= 11 is 0. The van der Waals surface area contributed by atoms with E-state index in [-0.39, 0.29) is 11.8 Å². The Hall–Kier alpha value is -0.940. The molecule has 5 nitrogen and oxygen atoms in total. The lowest BCUT2D eigenvalue weighted by Crippen LogP contribution is -2.52. The van der Waals surface area contributed by atoms with Crippen LogP contribution in [0.4, 0.5) is 0 Å². The summed E-state index contributed by atoms with van der Waals surface area (Å²) in [5.74, 6) is -0.679. The molecule has 1 amide bonds. The molecule has 0 saturated carbocycles. The highest BCUT2D eigenvalue weighted by Gasteiger charge is 2.35. The maximum atomic E-state index is 11.8. The molecular weight excluding hydrogens is 210 g/mol. The number of ketones is 1. The lowest BCUT2D eigenvalue weighted by Gasteiger charge is -2.26. The van der Waals surface area contributed by atoms with Crippen molar-refractivity contribution in [2.24, 2.45) is 5.92 Å². The van der Waals surface area contributed by atoms with Gasteiger partial charge in [-0.2, -0.15) is 0 Å². The van der Waals surface area contributed by atoms with Crippen LogP contribution in [0.5, 0.6) is 0 Å². The fourth-order valence-electron chi connectivity index (χ4n) is 1.40. The number of carbonyl (C=O) groups is 2. The highest BCUT2D eigenvalue weighted by atomic mass is 16.3. The van der Waals surface area contributed by atoms with E-state index >= 15 is 0 Å². The third-order valence-electron chi connectivity index (χ3n) is 2.24. The van der Waals surface area contributed by atoms with Crippen LogP contribution in [0.15, 0.2) is 0 Å². The minimum atomic E-state index is -1.80. The van der Waals surface area contributed by atoms with E-state index in [0.29, 0.717) is 6.42 Å². The number of Topliss-reactive ketones (excluding diaryl/α,β-unsaturated/α-hetero) is 1. The number of aliphatic hydroxyl groups is 2. The number of hydrogen-bond acceptors (Lipinski definition) is 4. The summed E-state index contributed by atoms with van der Waals surface area (Å²) in [6.07, 6.45) is 0.439. The van der Waals surface area contributed by atoms with Gasteiger partial charge in [-0.15, -0.1) is 0 Å². The summed E-state index contributed by atoms with van der Waals surface area (Å²) in [4.78, 5) is 22.8. The quantitative estimate of drug-likeness (QED) is 0.593. The summed E-state index contributed by atoms with van der Waals surface area (Å²) in [5, 5.41) is 21.0. The second-order valence-corrected chi connectivity index (χ2v) is 4.68. The van der Waals surface area contributed by atoms with Crippen LogP contribution in [0, 0.1) is 5.92 Å². The SMILES string of the molecule is CC(=O)NC(CC(C)C)C(=O)C(C)(O)CO. The largest absolute Gasteiger partial charge is 0.393 e. The van der Waals surface area contributed by atoms with E-state index in [1.165, 1.54) is 13.8 Å². The average Bonchev–Trinajstić information content (AvgIpc) is 2.14. The highest BCUT2D eigenvalue weighted by molar-refractivity contribution is 5.94. The fraction of sp³-hybridized carbons (Fsp3) is 0.818. The van der Waals surface area contributed by atoms with Gasteiger partial charge in [-0.3, -0.25) is 9.59 Å². The van der Waals surface area contributed by atoms with Gasteiger partial charge in [0, 0.05) is 6.92 Å². The van der Waals surface area contributed by atoms with Crippen LogP contribution in [0.25, 0.3) is 0 Å². The lowest BCUT2D eigenvalue weighted by molar-refractivity contribution is -0.143. The standard InChI is InChI=1S/C11H21NO4/c1-7(2)5-9(12-8(3)14)10(15)11(4,16)6-13/h7,9,13,16H,5-6H2,1-4H3,(H,12,14). The molecule has 0 aromatic heterocycles. The van der Waals surface area contributed by atoms with Crippen LogP contribution in [-0.2, 0) is 9.59 Å². The van der Waals surface area contributed by atoms with Gasteiger partial charge in [-0.1, -0.05) is 13.8 Å². The number of aliphatic hydroxyl groups excluding tert-OH is 1. The van der Waals surface area contributed by atoms with Crippen molar-refractivity contribution in [3.8, 4) is 0 Å². The third-order valence-corrected chi connectivity index (χ3v) is 2.24. The van der Waals surface area contributed by atoms with Crippen molar-refractivity contribution >= 4 is 11.7 Å². The summed E-state index contributed by atoms with van der Waals surface area (Å²) in [6, 6.07) is -0.750. The smallest absolute Gasteiger partial charge is 0.217 e. The number of rotatable bonds is 6.